The van der Waals surface area contributed by atoms with Gasteiger partial charge in [0.1, 0.15) is 4.88 Å². The average Bonchev–Trinajstić information content (AvgIpc) is 2.92. The van der Waals surface area contributed by atoms with Crippen molar-refractivity contribution in [3.8, 4) is 0 Å². The van der Waals surface area contributed by atoms with Gasteiger partial charge in [-0.15, -0.1) is 5.10 Å². The summed E-state index contributed by atoms with van der Waals surface area (Å²) in [4.78, 5) is 15.3. The minimum absolute atomic E-state index is 0.0336. The van der Waals surface area contributed by atoms with Gasteiger partial charge in [0.05, 0.1) is 5.69 Å². The van der Waals surface area contributed by atoms with Gasteiger partial charge in [-0.3, -0.25) is 9.69 Å². The molecular weight excluding hydrogens is 272 g/mol. The third-order valence-corrected chi connectivity index (χ3v) is 4.73. The highest BCUT2D eigenvalue weighted by atomic mass is 32.1. The molecule has 1 aromatic rings. The lowest BCUT2D eigenvalue weighted by Gasteiger charge is -2.35. The van der Waals surface area contributed by atoms with Gasteiger partial charge in [0.15, 0.2) is 0 Å². The molecule has 1 aliphatic heterocycles. The molecule has 1 aliphatic rings. The van der Waals surface area contributed by atoms with Crippen LogP contribution in [0.4, 0.5) is 0 Å². The van der Waals surface area contributed by atoms with Crippen LogP contribution < -0.4 is 5.32 Å². The Morgan fingerprint density at radius 3 is 3.10 bits per heavy atom. The lowest BCUT2D eigenvalue weighted by molar-refractivity contribution is 0.0920. The van der Waals surface area contributed by atoms with Gasteiger partial charge in [0.2, 0.25) is 0 Å². The van der Waals surface area contributed by atoms with Crippen molar-refractivity contribution < 1.29 is 4.79 Å². The van der Waals surface area contributed by atoms with Crippen LogP contribution in [0.1, 0.15) is 49.0 Å². The second kappa shape index (κ2) is 7.13. The van der Waals surface area contributed by atoms with Gasteiger partial charge in [-0.05, 0) is 50.2 Å². The van der Waals surface area contributed by atoms with E-state index in [-0.39, 0.29) is 5.91 Å². The number of aryl methyl sites for hydroxylation is 1. The van der Waals surface area contributed by atoms with Crippen LogP contribution in [0.2, 0.25) is 0 Å². The molecule has 1 aromatic heterocycles. The minimum Gasteiger partial charge on any atom is -0.350 e. The van der Waals surface area contributed by atoms with E-state index in [0.717, 1.165) is 31.1 Å². The molecule has 0 radical (unpaired) electrons. The third kappa shape index (κ3) is 3.76. The van der Waals surface area contributed by atoms with Crippen LogP contribution in [0.15, 0.2) is 0 Å². The normalized spacial score (nSPS) is 21.6. The highest BCUT2D eigenvalue weighted by Crippen LogP contribution is 2.17. The van der Waals surface area contributed by atoms with Gasteiger partial charge in [0, 0.05) is 19.1 Å². The van der Waals surface area contributed by atoms with E-state index in [0.29, 0.717) is 17.5 Å². The van der Waals surface area contributed by atoms with Crippen molar-refractivity contribution in [1.29, 1.82) is 0 Å². The summed E-state index contributed by atoms with van der Waals surface area (Å²) in [5.41, 5.74) is 0.798. The van der Waals surface area contributed by atoms with E-state index < -0.39 is 0 Å². The minimum atomic E-state index is -0.0336. The van der Waals surface area contributed by atoms with E-state index >= 15 is 0 Å². The predicted molar refractivity (Wildman–Crippen MR) is 81.1 cm³/mol. The van der Waals surface area contributed by atoms with Crippen molar-refractivity contribution in [1.82, 2.24) is 19.8 Å². The number of hydrogen-bond donors (Lipinski definition) is 1. The number of hydrogen-bond acceptors (Lipinski definition) is 5. The van der Waals surface area contributed by atoms with E-state index in [4.69, 9.17) is 0 Å². The molecule has 0 unspecified atom stereocenters. The molecule has 1 N–H and O–H groups in total. The number of rotatable bonds is 5. The lowest BCUT2D eigenvalue weighted by atomic mass is 9.99. The first-order valence-corrected chi connectivity index (χ1v) is 8.22. The number of aromatic nitrogens is 2. The van der Waals surface area contributed by atoms with E-state index in [2.05, 4.69) is 33.7 Å². The summed E-state index contributed by atoms with van der Waals surface area (Å²) in [5.74, 6) is 0.730. The molecule has 1 amide bonds. The molecular formula is C14H24N4OS. The van der Waals surface area contributed by atoms with Gasteiger partial charge in [-0.2, -0.15) is 0 Å². The number of likely N-dealkylation sites (tertiary alicyclic amines) is 1. The van der Waals surface area contributed by atoms with E-state index in [1.165, 1.54) is 24.4 Å². The number of nitrogens with one attached hydrogen (secondary N) is 1. The van der Waals surface area contributed by atoms with Crippen LogP contribution in [-0.2, 0) is 6.42 Å². The Balaban J connectivity index is 1.83. The summed E-state index contributed by atoms with van der Waals surface area (Å²) in [6, 6.07) is 0.382. The summed E-state index contributed by atoms with van der Waals surface area (Å²) in [6.45, 7) is 9.44. The molecule has 2 heterocycles. The van der Waals surface area contributed by atoms with E-state index in [9.17, 15) is 4.79 Å². The highest BCUT2D eigenvalue weighted by Gasteiger charge is 2.22. The maximum absolute atomic E-state index is 12.1. The summed E-state index contributed by atoms with van der Waals surface area (Å²) < 4.78 is 3.86. The first-order valence-electron chi connectivity index (χ1n) is 7.45. The topological polar surface area (TPSA) is 58.1 Å². The third-order valence-electron chi connectivity index (χ3n) is 3.97. The number of carbonyl (C=O) groups is 1. The predicted octanol–water partition coefficient (Wildman–Crippen LogP) is 1.95. The van der Waals surface area contributed by atoms with Crippen molar-refractivity contribution in [3.63, 3.8) is 0 Å². The van der Waals surface area contributed by atoms with Crippen LogP contribution in [0, 0.1) is 5.92 Å². The molecule has 0 aliphatic carbocycles. The molecule has 0 aromatic carbocycles. The highest BCUT2D eigenvalue weighted by molar-refractivity contribution is 7.08. The molecule has 1 saturated heterocycles. The quantitative estimate of drug-likeness (QED) is 0.902. The molecule has 1 fully saturated rings. The fraction of sp³-hybridized carbons (Fsp3) is 0.786. The maximum atomic E-state index is 12.1. The summed E-state index contributed by atoms with van der Waals surface area (Å²) >= 11 is 1.18. The van der Waals surface area contributed by atoms with Crippen LogP contribution in [-0.4, -0.2) is 46.1 Å². The van der Waals surface area contributed by atoms with E-state index in [1.807, 2.05) is 6.92 Å². The van der Waals surface area contributed by atoms with Gasteiger partial charge in [0.25, 0.3) is 5.91 Å². The number of carbonyl (C=O) groups excluding carboxylic acids is 1. The van der Waals surface area contributed by atoms with Crippen LogP contribution in [0.5, 0.6) is 0 Å². The molecule has 6 heteroatoms. The molecule has 5 nitrogen and oxygen atoms in total. The molecule has 112 valence electrons. The first-order chi connectivity index (χ1) is 9.61. The molecule has 0 bridgehead atoms. The molecule has 2 atom stereocenters. The monoisotopic (exact) mass is 296 g/mol. The van der Waals surface area contributed by atoms with Crippen LogP contribution in [0.25, 0.3) is 0 Å². The maximum Gasteiger partial charge on any atom is 0.265 e. The second-order valence-electron chi connectivity index (χ2n) is 5.70. The summed E-state index contributed by atoms with van der Waals surface area (Å²) in [7, 11) is 0. The Labute approximate surface area is 124 Å². The zero-order valence-corrected chi connectivity index (χ0v) is 13.4. The first kappa shape index (κ1) is 15.4. The Bertz CT molecular complexity index is 448. The van der Waals surface area contributed by atoms with Crippen LogP contribution in [0.3, 0.4) is 0 Å². The van der Waals surface area contributed by atoms with Crippen molar-refractivity contribution in [3.05, 3.63) is 10.6 Å². The SMILES string of the molecule is CCc1nnsc1C(=O)NC[C@@H](C)N1CCC[C@H](C)C1. The Kier molecular flexibility index (Phi) is 5.48. The Hall–Kier alpha value is -1.01. The van der Waals surface area contributed by atoms with Crippen molar-refractivity contribution in [2.45, 2.75) is 46.1 Å². The fourth-order valence-corrected chi connectivity index (χ4v) is 3.35. The molecule has 2 rings (SSSR count). The average molecular weight is 296 g/mol. The van der Waals surface area contributed by atoms with Crippen LogP contribution >= 0.6 is 11.5 Å². The number of amides is 1. The van der Waals surface area contributed by atoms with Crippen molar-refractivity contribution in [2.24, 2.45) is 5.92 Å². The van der Waals surface area contributed by atoms with Gasteiger partial charge in [-0.1, -0.05) is 18.3 Å². The zero-order chi connectivity index (χ0) is 14.5. The largest absolute Gasteiger partial charge is 0.350 e. The van der Waals surface area contributed by atoms with Gasteiger partial charge >= 0.3 is 0 Å². The Morgan fingerprint density at radius 2 is 2.40 bits per heavy atom. The standard InChI is InChI=1S/C14H24N4OS/c1-4-12-13(20-17-16-12)14(19)15-8-11(3)18-7-5-6-10(2)9-18/h10-11H,4-9H2,1-3H3,(H,15,19)/t10-,11+/m0/s1. The van der Waals surface area contributed by atoms with E-state index in [1.54, 1.807) is 0 Å². The fourth-order valence-electron chi connectivity index (χ4n) is 2.69. The summed E-state index contributed by atoms with van der Waals surface area (Å²) in [6.07, 6.45) is 3.33. The Morgan fingerprint density at radius 1 is 1.60 bits per heavy atom. The van der Waals surface area contributed by atoms with Gasteiger partial charge in [-0.25, -0.2) is 0 Å². The smallest absolute Gasteiger partial charge is 0.265 e. The molecule has 0 saturated carbocycles. The second-order valence-corrected chi connectivity index (χ2v) is 6.46. The number of piperidine rings is 1. The summed E-state index contributed by atoms with van der Waals surface area (Å²) in [5, 5.41) is 7.00. The molecule has 20 heavy (non-hydrogen) atoms. The lowest BCUT2D eigenvalue weighted by Crippen LogP contribution is -2.46. The molecule has 0 spiro atoms. The van der Waals surface area contributed by atoms with Crippen molar-refractivity contribution >= 4 is 17.4 Å². The van der Waals surface area contributed by atoms with Crippen molar-refractivity contribution in [2.75, 3.05) is 19.6 Å². The zero-order valence-electron chi connectivity index (χ0n) is 12.6. The number of nitrogens with zero attached hydrogens (tertiary/aromatic N) is 3. The van der Waals surface area contributed by atoms with Gasteiger partial charge < -0.3 is 5.32 Å².